The summed E-state index contributed by atoms with van der Waals surface area (Å²) in [5.41, 5.74) is 9.26. The number of para-hydroxylation sites is 6. The van der Waals surface area contributed by atoms with Gasteiger partial charge in [-0.1, -0.05) is 133 Å². The van der Waals surface area contributed by atoms with Crippen LogP contribution in [0, 0.1) is 46.8 Å². The lowest BCUT2D eigenvalue weighted by molar-refractivity contribution is -0.0421. The van der Waals surface area contributed by atoms with Gasteiger partial charge in [-0.25, -0.2) is 19.7 Å². The van der Waals surface area contributed by atoms with Gasteiger partial charge in [0.05, 0.1) is 33.1 Å². The number of fused-ring (bicyclic) bond motifs is 15. The number of piperidine rings is 6. The number of nitrogens with one attached hydrogen (secondary N) is 3. The molecule has 1 amide bonds. The molecule has 21 rings (SSSR count). The summed E-state index contributed by atoms with van der Waals surface area (Å²) in [6.45, 7) is 0. The molecule has 6 aliphatic heterocycles. The molecule has 6 aromatic heterocycles. The zero-order valence-electron chi connectivity index (χ0n) is 68.5. The Bertz CT molecular complexity index is 5460. The van der Waals surface area contributed by atoms with E-state index in [1.54, 1.807) is 0 Å². The highest BCUT2D eigenvalue weighted by Gasteiger charge is 2.50. The first-order valence-electron chi connectivity index (χ1n) is 45.5. The summed E-state index contributed by atoms with van der Waals surface area (Å²) in [5, 5.41) is 18.9. The first-order valence-corrected chi connectivity index (χ1v) is 45.5. The Balaban J connectivity index is 0.000000118. The number of nitrogens with two attached hydrogens (primary N) is 1. The number of aromatic carboxylic acids is 1. The van der Waals surface area contributed by atoms with Gasteiger partial charge >= 0.3 is 5.97 Å². The van der Waals surface area contributed by atoms with Crippen molar-refractivity contribution in [3.05, 3.63) is 188 Å². The topological polar surface area (TPSA) is 317 Å². The molecule has 6 N–H and O–H groups in total. The quantitative estimate of drug-likeness (QED) is 0.0803. The third kappa shape index (κ3) is 15.7. The van der Waals surface area contributed by atoms with Gasteiger partial charge < -0.3 is 39.5 Å². The number of carbonyl (C=O) groups excluding carboxylic acids is 1. The van der Waals surface area contributed by atoms with E-state index in [-0.39, 0.29) is 57.3 Å². The van der Waals surface area contributed by atoms with Crippen LogP contribution >= 0.6 is 0 Å². The maximum absolute atomic E-state index is 14.2. The fourth-order valence-corrected chi connectivity index (χ4v) is 26.3. The molecule has 0 radical (unpaired) electrons. The van der Waals surface area contributed by atoms with Crippen LogP contribution in [0.25, 0.3) is 66.9 Å². The van der Waals surface area contributed by atoms with Crippen molar-refractivity contribution in [1.29, 1.82) is 5.26 Å². The van der Waals surface area contributed by atoms with Gasteiger partial charge in [0.2, 0.25) is 0 Å². The van der Waals surface area contributed by atoms with Crippen molar-refractivity contribution in [1.82, 2.24) is 58.3 Å². The van der Waals surface area contributed by atoms with Gasteiger partial charge in [0, 0.05) is 108 Å². The predicted molar refractivity (Wildman–Crippen MR) is 460 cm³/mol. The summed E-state index contributed by atoms with van der Waals surface area (Å²) in [6.07, 6.45) is 50.5. The molecule has 6 unspecified atom stereocenters. The number of benzene rings is 3. The maximum atomic E-state index is 14.2. The minimum absolute atomic E-state index is 0.00991. The first-order chi connectivity index (χ1) is 58.0. The highest BCUT2D eigenvalue weighted by molar-refractivity contribution is 5.94. The van der Waals surface area contributed by atoms with E-state index in [1.165, 1.54) is 229 Å². The molecular weight excluding hydrogens is 1490 g/mol. The van der Waals surface area contributed by atoms with E-state index in [2.05, 4.69) is 34.6 Å². The number of hydrogen-bond donors (Lipinski definition) is 5. The number of hydrogen-bond acceptors (Lipinski definition) is 15. The summed E-state index contributed by atoms with van der Waals surface area (Å²) in [5.74, 6) is 3.19. The highest BCUT2D eigenvalue weighted by Crippen LogP contribution is 2.52. The van der Waals surface area contributed by atoms with Crippen molar-refractivity contribution in [3.8, 4) is 39.8 Å². The number of primary amides is 1. The van der Waals surface area contributed by atoms with Crippen LogP contribution < -0.4 is 39.1 Å². The average molecular weight is 1610 g/mol. The summed E-state index contributed by atoms with van der Waals surface area (Å²) < 4.78 is 5.90. The van der Waals surface area contributed by atoms with Crippen molar-refractivity contribution in [2.45, 2.75) is 304 Å². The van der Waals surface area contributed by atoms with Gasteiger partial charge in [-0.3, -0.25) is 48.3 Å². The highest BCUT2D eigenvalue weighted by atomic mass is 16.4. The van der Waals surface area contributed by atoms with Gasteiger partial charge in [-0.05, 0) is 225 Å². The second-order valence-electron chi connectivity index (χ2n) is 38.1. The number of carboxylic acid groups (broad SMARTS) is 1. The number of carbonyl (C=O) groups is 2. The van der Waals surface area contributed by atoms with Crippen molar-refractivity contribution >= 4 is 45.0 Å². The Kier molecular flexibility index (Phi) is 22.4. The molecule has 6 saturated heterocycles. The molecule has 119 heavy (non-hydrogen) atoms. The van der Waals surface area contributed by atoms with Crippen LogP contribution in [0.3, 0.4) is 0 Å². The normalized spacial score (nSPS) is 30.7. The van der Waals surface area contributed by atoms with Crippen molar-refractivity contribution in [2.75, 3.05) is 0 Å². The number of nitrogens with zero attached hydrogens (tertiary/aromatic N) is 10. The second-order valence-corrected chi connectivity index (χ2v) is 38.1. The lowest BCUT2D eigenvalue weighted by Crippen LogP contribution is -2.58. The average Bonchev–Trinajstić information content (AvgIpc) is 1.36. The molecule has 3 aromatic carbocycles. The lowest BCUT2D eigenvalue weighted by atomic mass is 9.73. The molecule has 6 saturated carbocycles. The predicted octanol–water partition coefficient (Wildman–Crippen LogP) is 15.7. The lowest BCUT2D eigenvalue weighted by Gasteiger charge is -2.54. The molecule has 12 bridgehead atoms. The number of aromatic amines is 3. The van der Waals surface area contributed by atoms with Crippen LogP contribution in [0.4, 0.5) is 0 Å². The zero-order valence-corrected chi connectivity index (χ0v) is 68.5. The van der Waals surface area contributed by atoms with Crippen molar-refractivity contribution < 1.29 is 14.7 Å². The fraction of sp³-hybridized carbons (Fsp3) is 0.562. The van der Waals surface area contributed by atoms with E-state index in [0.29, 0.717) is 82.3 Å². The molecule has 622 valence electrons. The van der Waals surface area contributed by atoms with Crippen LogP contribution in [-0.2, 0) is 0 Å². The van der Waals surface area contributed by atoms with Crippen LogP contribution in [0.1, 0.15) is 276 Å². The van der Waals surface area contributed by atoms with Gasteiger partial charge in [0.25, 0.3) is 39.3 Å². The van der Waals surface area contributed by atoms with E-state index < -0.39 is 34.1 Å². The summed E-state index contributed by atoms with van der Waals surface area (Å²) >= 11 is 0. The maximum Gasteiger partial charge on any atom is 0.341 e. The number of H-pyrrole nitrogens is 3. The monoisotopic (exact) mass is 1610 g/mol. The zero-order chi connectivity index (χ0) is 81.3. The second kappa shape index (κ2) is 33.7. The van der Waals surface area contributed by atoms with Crippen LogP contribution in [0.5, 0.6) is 0 Å². The summed E-state index contributed by atoms with van der Waals surface area (Å²) in [4.78, 5) is 133. The third-order valence-electron chi connectivity index (χ3n) is 31.0. The van der Waals surface area contributed by atoms with Crippen LogP contribution in [0.15, 0.2) is 138 Å². The fourth-order valence-electron chi connectivity index (χ4n) is 26.3. The number of nitriles is 1. The molecule has 23 nitrogen and oxygen atoms in total. The van der Waals surface area contributed by atoms with Gasteiger partial charge in [0.1, 0.15) is 39.8 Å². The summed E-state index contributed by atoms with van der Waals surface area (Å²) in [6, 6.07) is 34.8. The molecule has 12 aliphatic rings. The number of amides is 1. The Labute approximate surface area is 692 Å². The molecule has 9 aromatic rings. The Hall–Kier alpha value is -9.76. The number of carboxylic acids is 1. The molecule has 12 fully saturated rings. The number of aromatic nitrogens is 9. The van der Waals surface area contributed by atoms with Crippen LogP contribution in [0.2, 0.25) is 0 Å². The van der Waals surface area contributed by atoms with E-state index in [4.69, 9.17) is 15.7 Å². The van der Waals surface area contributed by atoms with Gasteiger partial charge in [0.15, 0.2) is 0 Å². The number of pyridine rings is 3. The summed E-state index contributed by atoms with van der Waals surface area (Å²) in [7, 11) is 0. The molecule has 0 spiro atoms. The van der Waals surface area contributed by atoms with E-state index >= 15 is 0 Å². The van der Waals surface area contributed by atoms with E-state index in [9.17, 15) is 48.7 Å². The van der Waals surface area contributed by atoms with Crippen LogP contribution in [-0.4, -0.2) is 130 Å². The molecule has 23 heteroatoms. The largest absolute Gasteiger partial charge is 0.477 e. The van der Waals surface area contributed by atoms with Crippen molar-refractivity contribution in [2.24, 2.45) is 41.2 Å². The molecule has 6 aliphatic carbocycles. The Morgan fingerprint density at radius 2 is 0.639 bits per heavy atom. The minimum atomic E-state index is -1.33. The molecule has 18 atom stereocenters. The smallest absolute Gasteiger partial charge is 0.341 e. The Morgan fingerprint density at radius 1 is 0.353 bits per heavy atom. The van der Waals surface area contributed by atoms with Gasteiger partial charge in [-0.15, -0.1) is 0 Å². The molecular formula is C96H114N14O9. The minimum Gasteiger partial charge on any atom is -0.477 e. The van der Waals surface area contributed by atoms with Gasteiger partial charge in [-0.2, -0.15) is 5.26 Å². The third-order valence-corrected chi connectivity index (χ3v) is 31.0. The number of rotatable bonds is 11. The molecule has 12 heterocycles. The SMILES string of the molecule is N#Cc1cc(-c2nc3ccccc3n(C3C[C@H]4CCC[C@@H](C3)N4C3C[C@H]4CCCC[C@@H](C3)C4)c2=O)c[nH]c1=O.NC(=O)c1cc(-c2nc3ccccc3n(C3C[C@H]4CCC[C@@H](C3)N4C3C[C@H]4CCCC[C@@H](C3)C4)c2=O)c[nH]c1=O.O=C(O)c1cc(-c2nc3ccccc3n(C3C[C@H]4CCC[C@@H](C3)N4C3C[C@H]4CCCC[C@@H](C3)C4)c2=O)c[nH]c1=O. The standard InChI is InChI=1S/C32H39N5O3.C32H37N5O2.C32H38N4O4/c33-30(38)26-15-21(18-34-31(26)39)29-32(40)37(28-11-4-3-10-27(28)35-29)25-16-22-8-5-9-23(17-25)36(22)24-13-19-6-1-2-7-20(12-19)14-24;33-18-22-15-23(19-34-31(22)38)30-32(39)37(29-11-4-3-10-28(29)35-30)27-16-24-8-5-9-25(17-27)36(24)26-13-20-6-1-2-7-21(12-20)14-26;37-30-26(32(39)40)15-21(18-33-30)29-31(38)36(28-11-4-3-10-27(28)34-29)25-16-22-8-5-9-23(17-25)35(22)24-13-19-6-1-2-7-20(12-19)14-24/h3-4,10-11,15,18-20,22-25H,1-2,5-9,12-14,16-17H2,(H2,33,38)(H,34,39);3-4,10-11,15,19-21,24-27H,1-2,5-9,12-14,16-17H2,(H,34,38);3-4,10-11,15,18-20,22-25H,1-2,5-9,12-14,16-17H2,(H,33,37)(H,39,40)/t19-,20+,22-,23+,24?,25?;20-,21+,24-,25+,26?,27?;19-,20+,22-,23+,24?,25?. The van der Waals surface area contributed by atoms with E-state index in [1.807, 2.05) is 92.6 Å². The van der Waals surface area contributed by atoms with Crippen molar-refractivity contribution in [3.63, 3.8) is 0 Å². The van der Waals surface area contributed by atoms with E-state index in [0.717, 1.165) is 102 Å². The first kappa shape index (κ1) is 79.1. The Morgan fingerprint density at radius 3 is 0.941 bits per heavy atom.